The minimum Gasteiger partial charge on any atom is -0.538 e. The average Bonchev–Trinajstić information content (AvgIpc) is 2.02. The highest BCUT2D eigenvalue weighted by Gasteiger charge is 1.95. The Kier molecular flexibility index (Phi) is 2.83. The Balaban J connectivity index is 2.48. The van der Waals surface area contributed by atoms with Crippen molar-refractivity contribution in [2.75, 3.05) is 6.61 Å². The van der Waals surface area contributed by atoms with Gasteiger partial charge in [-0.2, -0.15) is 0 Å². The summed E-state index contributed by atoms with van der Waals surface area (Å²) in [5.41, 5.74) is 0. The molecule has 0 atom stereocenters. The van der Waals surface area contributed by atoms with Gasteiger partial charge in [-0.25, -0.2) is 0 Å². The molecule has 3 heteroatoms. The second-order valence-electron chi connectivity index (χ2n) is 1.80. The summed E-state index contributed by atoms with van der Waals surface area (Å²) < 4.78 is 9.78. The highest BCUT2D eigenvalue weighted by molar-refractivity contribution is 6.18. The van der Waals surface area contributed by atoms with E-state index in [9.17, 15) is 0 Å². The van der Waals surface area contributed by atoms with Crippen LogP contribution in [0.15, 0.2) is 36.6 Å². The molecule has 1 aliphatic rings. The topological polar surface area (TPSA) is 18.5 Å². The van der Waals surface area contributed by atoms with E-state index in [1.54, 1.807) is 6.08 Å². The van der Waals surface area contributed by atoms with E-state index in [-0.39, 0.29) is 0 Å². The maximum absolute atomic E-state index is 4.89. The smallest absolute Gasteiger partial charge is 0.538 e. The monoisotopic (exact) mass is 135 g/mol. The zero-order chi connectivity index (χ0) is 7.23. The van der Waals surface area contributed by atoms with Gasteiger partial charge in [0.2, 0.25) is 0 Å². The highest BCUT2D eigenvalue weighted by atomic mass is 16.6. The molecule has 0 saturated heterocycles. The predicted octanol–water partition coefficient (Wildman–Crippen LogP) is 1.19. The van der Waals surface area contributed by atoms with E-state index in [0.29, 0.717) is 12.4 Å². The summed E-state index contributed by atoms with van der Waals surface area (Å²) in [6, 6.07) is 0. The van der Waals surface area contributed by atoms with Gasteiger partial charge in [0.15, 0.2) is 0 Å². The predicted molar refractivity (Wildman–Crippen MR) is 40.2 cm³/mol. The van der Waals surface area contributed by atoms with Crippen LogP contribution in [0.25, 0.3) is 0 Å². The first-order chi connectivity index (χ1) is 4.89. The Morgan fingerprint density at radius 2 is 2.40 bits per heavy atom. The van der Waals surface area contributed by atoms with Crippen molar-refractivity contribution in [1.82, 2.24) is 0 Å². The van der Waals surface area contributed by atoms with E-state index >= 15 is 0 Å². The Morgan fingerprint density at radius 1 is 1.50 bits per heavy atom. The molecular weight excluding hydrogens is 127 g/mol. The van der Waals surface area contributed by atoms with Gasteiger partial charge in [0, 0.05) is 0 Å². The second kappa shape index (κ2) is 3.96. The number of hydrogen-bond acceptors (Lipinski definition) is 2. The molecule has 0 bridgehead atoms. The van der Waals surface area contributed by atoms with Crippen molar-refractivity contribution >= 4 is 7.69 Å². The van der Waals surface area contributed by atoms with Crippen molar-refractivity contribution in [2.45, 2.75) is 0 Å². The van der Waals surface area contributed by atoms with Crippen LogP contribution in [0.1, 0.15) is 0 Å². The fourth-order valence-corrected chi connectivity index (χ4v) is 0.527. The van der Waals surface area contributed by atoms with E-state index in [2.05, 4.69) is 6.58 Å². The van der Waals surface area contributed by atoms with Gasteiger partial charge >= 0.3 is 7.69 Å². The molecule has 51 valence electrons. The van der Waals surface area contributed by atoms with Crippen molar-refractivity contribution in [3.63, 3.8) is 0 Å². The average molecular weight is 135 g/mol. The molecule has 1 heterocycles. The van der Waals surface area contributed by atoms with Crippen LogP contribution in [-0.4, -0.2) is 14.3 Å². The third kappa shape index (κ3) is 2.55. The lowest BCUT2D eigenvalue weighted by atomic mass is 10.3. The van der Waals surface area contributed by atoms with Crippen LogP contribution >= 0.6 is 0 Å². The van der Waals surface area contributed by atoms with E-state index in [4.69, 9.17) is 9.31 Å². The molecule has 0 saturated carbocycles. The maximum atomic E-state index is 4.89. The van der Waals surface area contributed by atoms with Gasteiger partial charge < -0.3 is 9.31 Å². The van der Waals surface area contributed by atoms with Crippen LogP contribution < -0.4 is 0 Å². The lowest BCUT2D eigenvalue weighted by Gasteiger charge is -2.00. The standard InChI is InChI=1S/C7H8BO2/c1-7-5-3-2-4-6-9-8-10-7/h2-5H,1,6H2/b4-2-,5-3-. The van der Waals surface area contributed by atoms with E-state index in [0.717, 1.165) is 0 Å². The number of allylic oxidation sites excluding steroid dienone is 3. The molecule has 0 spiro atoms. The van der Waals surface area contributed by atoms with Gasteiger partial charge in [-0.1, -0.05) is 24.8 Å². The summed E-state index contributed by atoms with van der Waals surface area (Å²) in [6.45, 7) is 4.14. The Morgan fingerprint density at radius 3 is 3.30 bits per heavy atom. The molecule has 0 aromatic carbocycles. The van der Waals surface area contributed by atoms with Crippen LogP contribution in [-0.2, 0) is 9.31 Å². The van der Waals surface area contributed by atoms with Crippen molar-refractivity contribution in [3.8, 4) is 0 Å². The summed E-state index contributed by atoms with van der Waals surface area (Å²) in [7, 11) is 1.28. The van der Waals surface area contributed by atoms with Gasteiger partial charge in [-0.05, 0) is 6.08 Å². The molecule has 1 aliphatic heterocycles. The molecule has 1 rings (SSSR count). The van der Waals surface area contributed by atoms with E-state index < -0.39 is 0 Å². The summed E-state index contributed by atoms with van der Waals surface area (Å²) in [4.78, 5) is 0. The van der Waals surface area contributed by atoms with Crippen molar-refractivity contribution < 1.29 is 9.31 Å². The molecule has 0 fully saturated rings. The molecular formula is C7H8BO2. The van der Waals surface area contributed by atoms with Crippen molar-refractivity contribution in [3.05, 3.63) is 36.6 Å². The van der Waals surface area contributed by atoms with Crippen molar-refractivity contribution in [1.29, 1.82) is 0 Å². The quantitative estimate of drug-likeness (QED) is 0.464. The van der Waals surface area contributed by atoms with Gasteiger partial charge in [0.25, 0.3) is 0 Å². The molecule has 0 amide bonds. The summed E-state index contributed by atoms with van der Waals surface area (Å²) in [5.74, 6) is 0.576. The first-order valence-corrected chi connectivity index (χ1v) is 3.01. The van der Waals surface area contributed by atoms with Gasteiger partial charge in [0.05, 0.1) is 12.4 Å². The lowest BCUT2D eigenvalue weighted by molar-refractivity contribution is 0.296. The molecule has 0 unspecified atom stereocenters. The van der Waals surface area contributed by atoms with Crippen LogP contribution in [0.5, 0.6) is 0 Å². The van der Waals surface area contributed by atoms with Crippen LogP contribution in [0.3, 0.4) is 0 Å². The van der Waals surface area contributed by atoms with Crippen LogP contribution in [0.2, 0.25) is 0 Å². The fraction of sp³-hybridized carbons (Fsp3) is 0.143. The fourth-order valence-electron chi connectivity index (χ4n) is 0.527. The Hall–Kier alpha value is -0.955. The molecule has 0 N–H and O–H groups in total. The van der Waals surface area contributed by atoms with Crippen LogP contribution in [0.4, 0.5) is 0 Å². The third-order valence-corrected chi connectivity index (χ3v) is 0.989. The second-order valence-corrected chi connectivity index (χ2v) is 1.80. The normalized spacial score (nSPS) is 24.6. The van der Waals surface area contributed by atoms with Gasteiger partial charge in [-0.15, -0.1) is 0 Å². The minimum absolute atomic E-state index is 0.539. The molecule has 0 aromatic heterocycles. The largest absolute Gasteiger partial charge is 0.572 e. The Labute approximate surface area is 61.1 Å². The number of rotatable bonds is 0. The summed E-state index contributed by atoms with van der Waals surface area (Å²) >= 11 is 0. The molecule has 10 heavy (non-hydrogen) atoms. The molecule has 0 aromatic rings. The molecule has 0 aliphatic carbocycles. The Bertz CT molecular complexity index is 172. The SMILES string of the molecule is C=C1/C=C\C=C/CO[B]O1. The minimum atomic E-state index is 0.539. The molecule has 1 radical (unpaired) electrons. The third-order valence-electron chi connectivity index (χ3n) is 0.989. The van der Waals surface area contributed by atoms with Gasteiger partial charge in [-0.3, -0.25) is 0 Å². The zero-order valence-electron chi connectivity index (χ0n) is 5.62. The van der Waals surface area contributed by atoms with Crippen molar-refractivity contribution in [2.24, 2.45) is 0 Å². The van der Waals surface area contributed by atoms with E-state index in [1.807, 2.05) is 18.2 Å². The molecule has 2 nitrogen and oxygen atoms in total. The maximum Gasteiger partial charge on any atom is 0.572 e. The summed E-state index contributed by atoms with van der Waals surface area (Å²) in [6.07, 6.45) is 7.38. The number of hydrogen-bond donors (Lipinski definition) is 0. The first kappa shape index (κ1) is 7.16. The zero-order valence-corrected chi connectivity index (χ0v) is 5.62. The first-order valence-electron chi connectivity index (χ1n) is 3.01. The van der Waals surface area contributed by atoms with E-state index in [1.165, 1.54) is 7.69 Å². The lowest BCUT2D eigenvalue weighted by Crippen LogP contribution is -2.02. The van der Waals surface area contributed by atoms with Crippen LogP contribution in [0, 0.1) is 0 Å². The van der Waals surface area contributed by atoms with Gasteiger partial charge in [0.1, 0.15) is 0 Å². The highest BCUT2D eigenvalue weighted by Crippen LogP contribution is 1.96. The summed E-state index contributed by atoms with van der Waals surface area (Å²) in [5, 5.41) is 0.